The standard InChI is InChI=1S/C19H31N5O/c1-19(17(25)22-16-7-4-5-8-16)9-6-10-24(14-19)13-15-11-20-18(21-12-15)23(2)3/h11-12,16H,4-10,13-14H2,1-3H3,(H,22,25)/t19-/m1/s1. The van der Waals surface area contributed by atoms with Gasteiger partial charge in [-0.15, -0.1) is 0 Å². The monoisotopic (exact) mass is 345 g/mol. The quantitative estimate of drug-likeness (QED) is 0.886. The molecule has 25 heavy (non-hydrogen) atoms. The van der Waals surface area contributed by atoms with Crippen LogP contribution < -0.4 is 10.2 Å². The smallest absolute Gasteiger partial charge is 0.227 e. The van der Waals surface area contributed by atoms with Crippen molar-refractivity contribution < 1.29 is 4.79 Å². The molecule has 3 rings (SSSR count). The Hall–Kier alpha value is -1.69. The van der Waals surface area contributed by atoms with Crippen LogP contribution in [0.3, 0.4) is 0 Å². The summed E-state index contributed by atoms with van der Waals surface area (Å²) in [4.78, 5) is 25.9. The van der Waals surface area contributed by atoms with E-state index in [0.717, 1.165) is 56.8 Å². The van der Waals surface area contributed by atoms with Gasteiger partial charge in [0.2, 0.25) is 11.9 Å². The van der Waals surface area contributed by atoms with Crippen molar-refractivity contribution in [3.63, 3.8) is 0 Å². The molecule has 2 fully saturated rings. The predicted molar refractivity (Wildman–Crippen MR) is 99.4 cm³/mol. The Balaban J connectivity index is 1.58. The van der Waals surface area contributed by atoms with E-state index in [1.54, 1.807) is 0 Å². The Bertz CT molecular complexity index is 582. The molecule has 0 bridgehead atoms. The summed E-state index contributed by atoms with van der Waals surface area (Å²) in [7, 11) is 3.88. The number of aromatic nitrogens is 2. The highest BCUT2D eigenvalue weighted by Crippen LogP contribution is 2.31. The largest absolute Gasteiger partial charge is 0.353 e. The lowest BCUT2D eigenvalue weighted by Crippen LogP contribution is -2.51. The lowest BCUT2D eigenvalue weighted by atomic mass is 9.80. The molecule has 1 N–H and O–H groups in total. The minimum atomic E-state index is -0.286. The molecule has 2 heterocycles. The fraction of sp³-hybridized carbons (Fsp3) is 0.737. The number of anilines is 1. The number of hydrogen-bond donors (Lipinski definition) is 1. The van der Waals surface area contributed by atoms with Crippen LogP contribution in [0.4, 0.5) is 5.95 Å². The van der Waals surface area contributed by atoms with Gasteiger partial charge in [0.15, 0.2) is 0 Å². The van der Waals surface area contributed by atoms with Gasteiger partial charge in [0.05, 0.1) is 5.41 Å². The topological polar surface area (TPSA) is 61.4 Å². The van der Waals surface area contributed by atoms with Gasteiger partial charge in [-0.3, -0.25) is 9.69 Å². The molecule has 138 valence electrons. The maximum absolute atomic E-state index is 12.8. The normalized spacial score (nSPS) is 25.1. The van der Waals surface area contributed by atoms with Crippen molar-refractivity contribution in [3.05, 3.63) is 18.0 Å². The Morgan fingerprint density at radius 2 is 1.96 bits per heavy atom. The molecule has 1 saturated carbocycles. The molecule has 1 aromatic heterocycles. The van der Waals surface area contributed by atoms with Crippen LogP contribution in [0.1, 0.15) is 51.0 Å². The summed E-state index contributed by atoms with van der Waals surface area (Å²) in [6.07, 6.45) is 10.6. The first-order chi connectivity index (χ1) is 12.0. The van der Waals surface area contributed by atoms with E-state index in [0.29, 0.717) is 6.04 Å². The van der Waals surface area contributed by atoms with Crippen LogP contribution in [0.15, 0.2) is 12.4 Å². The second kappa shape index (κ2) is 7.68. The van der Waals surface area contributed by atoms with Crippen molar-refractivity contribution in [2.24, 2.45) is 5.41 Å². The molecule has 0 radical (unpaired) electrons. The van der Waals surface area contributed by atoms with Gasteiger partial charge in [0, 0.05) is 51.2 Å². The van der Waals surface area contributed by atoms with E-state index in [9.17, 15) is 4.79 Å². The molecule has 6 heteroatoms. The molecule has 1 aromatic rings. The number of hydrogen-bond acceptors (Lipinski definition) is 5. The van der Waals surface area contributed by atoms with E-state index >= 15 is 0 Å². The number of carbonyl (C=O) groups excluding carboxylic acids is 1. The van der Waals surface area contributed by atoms with Crippen LogP contribution in [0, 0.1) is 5.41 Å². The minimum absolute atomic E-state index is 0.239. The first-order valence-electron chi connectivity index (χ1n) is 9.48. The maximum atomic E-state index is 12.8. The zero-order chi connectivity index (χ0) is 17.9. The average molecular weight is 345 g/mol. The molecule has 1 amide bonds. The number of piperidine rings is 1. The molecule has 0 spiro atoms. The van der Waals surface area contributed by atoms with Gasteiger partial charge in [-0.2, -0.15) is 0 Å². The van der Waals surface area contributed by atoms with Crippen molar-refractivity contribution >= 4 is 11.9 Å². The van der Waals surface area contributed by atoms with E-state index in [1.165, 1.54) is 12.8 Å². The molecule has 0 unspecified atom stereocenters. The number of nitrogens with one attached hydrogen (secondary N) is 1. The third-order valence-electron chi connectivity index (χ3n) is 5.51. The molecular formula is C19H31N5O. The van der Waals surface area contributed by atoms with Gasteiger partial charge < -0.3 is 10.2 Å². The van der Waals surface area contributed by atoms with Crippen LogP contribution in [0.2, 0.25) is 0 Å². The van der Waals surface area contributed by atoms with Crippen molar-refractivity contribution in [3.8, 4) is 0 Å². The lowest BCUT2D eigenvalue weighted by molar-refractivity contribution is -0.134. The van der Waals surface area contributed by atoms with Crippen molar-refractivity contribution in [1.82, 2.24) is 20.2 Å². The molecule has 6 nitrogen and oxygen atoms in total. The highest BCUT2D eigenvalue weighted by Gasteiger charge is 2.38. The second-order valence-electron chi connectivity index (χ2n) is 8.12. The molecule has 1 aliphatic carbocycles. The van der Waals surface area contributed by atoms with E-state index in [2.05, 4.69) is 27.1 Å². The lowest BCUT2D eigenvalue weighted by Gasteiger charge is -2.39. The minimum Gasteiger partial charge on any atom is -0.353 e. The fourth-order valence-electron chi connectivity index (χ4n) is 4.01. The van der Waals surface area contributed by atoms with E-state index in [-0.39, 0.29) is 11.3 Å². The van der Waals surface area contributed by atoms with Gasteiger partial charge in [-0.25, -0.2) is 9.97 Å². The summed E-state index contributed by atoms with van der Waals surface area (Å²) in [5.41, 5.74) is 0.816. The zero-order valence-corrected chi connectivity index (χ0v) is 15.8. The van der Waals surface area contributed by atoms with Crippen LogP contribution in [-0.4, -0.2) is 54.0 Å². The van der Waals surface area contributed by atoms with Gasteiger partial charge in [0.25, 0.3) is 0 Å². The highest BCUT2D eigenvalue weighted by atomic mass is 16.2. The summed E-state index contributed by atoms with van der Waals surface area (Å²) in [5.74, 6) is 0.964. The number of rotatable bonds is 5. The van der Waals surface area contributed by atoms with Crippen LogP contribution in [0.5, 0.6) is 0 Å². The summed E-state index contributed by atoms with van der Waals surface area (Å²) in [6, 6.07) is 0.395. The Labute approximate surface area is 151 Å². The maximum Gasteiger partial charge on any atom is 0.227 e. The van der Waals surface area contributed by atoms with Gasteiger partial charge in [-0.1, -0.05) is 12.8 Å². The number of amides is 1. The third-order valence-corrected chi connectivity index (χ3v) is 5.51. The van der Waals surface area contributed by atoms with E-state index in [1.807, 2.05) is 31.4 Å². The number of carbonyl (C=O) groups is 1. The van der Waals surface area contributed by atoms with E-state index < -0.39 is 0 Å². The summed E-state index contributed by atoms with van der Waals surface area (Å²) in [6.45, 7) is 4.76. The Morgan fingerprint density at radius 3 is 2.60 bits per heavy atom. The summed E-state index contributed by atoms with van der Waals surface area (Å²) < 4.78 is 0. The third kappa shape index (κ3) is 4.48. The number of likely N-dealkylation sites (tertiary alicyclic amines) is 1. The van der Waals surface area contributed by atoms with Gasteiger partial charge in [0.1, 0.15) is 0 Å². The summed E-state index contributed by atoms with van der Waals surface area (Å²) in [5, 5.41) is 3.30. The zero-order valence-electron chi connectivity index (χ0n) is 15.8. The van der Waals surface area contributed by atoms with Gasteiger partial charge >= 0.3 is 0 Å². The highest BCUT2D eigenvalue weighted by molar-refractivity contribution is 5.82. The summed E-state index contributed by atoms with van der Waals surface area (Å²) >= 11 is 0. The average Bonchev–Trinajstić information content (AvgIpc) is 3.08. The van der Waals surface area contributed by atoms with Crippen molar-refractivity contribution in [1.29, 1.82) is 0 Å². The first-order valence-corrected chi connectivity index (χ1v) is 9.48. The van der Waals surface area contributed by atoms with Crippen LogP contribution in [0.25, 0.3) is 0 Å². The second-order valence-corrected chi connectivity index (χ2v) is 8.12. The number of nitrogens with zero attached hydrogens (tertiary/aromatic N) is 4. The molecule has 2 aliphatic rings. The molecule has 0 aromatic carbocycles. The van der Waals surface area contributed by atoms with Crippen molar-refractivity contribution in [2.75, 3.05) is 32.1 Å². The van der Waals surface area contributed by atoms with Crippen LogP contribution >= 0.6 is 0 Å². The van der Waals surface area contributed by atoms with Crippen molar-refractivity contribution in [2.45, 2.75) is 58.0 Å². The molecule has 1 aliphatic heterocycles. The molecule has 1 atom stereocenters. The molecular weight excluding hydrogens is 314 g/mol. The molecule has 1 saturated heterocycles. The Kier molecular flexibility index (Phi) is 5.57. The van der Waals surface area contributed by atoms with Crippen LogP contribution in [-0.2, 0) is 11.3 Å². The fourth-order valence-corrected chi connectivity index (χ4v) is 4.01. The van der Waals surface area contributed by atoms with E-state index in [4.69, 9.17) is 0 Å². The predicted octanol–water partition coefficient (Wildman–Crippen LogP) is 2.20. The first kappa shape index (κ1) is 18.1. The Morgan fingerprint density at radius 1 is 1.28 bits per heavy atom. The van der Waals surface area contributed by atoms with Gasteiger partial charge in [-0.05, 0) is 39.2 Å². The SMILES string of the molecule is CN(C)c1ncc(CN2CCC[C@@](C)(C(=O)NC3CCCC3)C2)cn1.